The van der Waals surface area contributed by atoms with E-state index in [9.17, 15) is 9.59 Å². The summed E-state index contributed by atoms with van der Waals surface area (Å²) in [5.74, 6) is -0.882. The van der Waals surface area contributed by atoms with Crippen molar-refractivity contribution in [2.24, 2.45) is 7.05 Å². The summed E-state index contributed by atoms with van der Waals surface area (Å²) >= 11 is 0. The minimum Gasteiger partial charge on any atom is -0.489 e. The summed E-state index contributed by atoms with van der Waals surface area (Å²) in [6.07, 6.45) is 3.46. The number of Topliss-reactive ketones (excluding diaryl/α,β-unsaturated/α-hetero) is 1. The van der Waals surface area contributed by atoms with Crippen molar-refractivity contribution in [2.75, 3.05) is 0 Å². The van der Waals surface area contributed by atoms with E-state index in [1.807, 2.05) is 12.1 Å². The third-order valence-corrected chi connectivity index (χ3v) is 4.34. The molecule has 0 amide bonds. The van der Waals surface area contributed by atoms with Crippen LogP contribution in [-0.2, 0) is 29.8 Å². The number of carbonyl (C=O) groups is 2. The second-order valence-corrected chi connectivity index (χ2v) is 6.37. The molecule has 0 spiro atoms. The topological polar surface area (TPSA) is 83.3 Å². The Labute approximate surface area is 162 Å². The number of benzene rings is 1. The molecule has 3 aromatic rings. The molecule has 28 heavy (non-hydrogen) atoms. The van der Waals surface area contributed by atoms with E-state index in [0.29, 0.717) is 29.3 Å². The molecule has 3 rings (SSSR count). The zero-order valence-corrected chi connectivity index (χ0v) is 16.0. The van der Waals surface area contributed by atoms with Crippen molar-refractivity contribution < 1.29 is 19.1 Å². The van der Waals surface area contributed by atoms with Crippen LogP contribution < -0.4 is 4.74 Å². The van der Waals surface area contributed by atoms with Gasteiger partial charge in [-0.15, -0.1) is 0 Å². The first kappa shape index (κ1) is 19.3. The zero-order chi connectivity index (χ0) is 20.1. The molecule has 0 saturated heterocycles. The summed E-state index contributed by atoms with van der Waals surface area (Å²) in [6, 6.07) is 10.9. The van der Waals surface area contributed by atoms with Gasteiger partial charge < -0.3 is 9.47 Å². The highest BCUT2D eigenvalue weighted by atomic mass is 16.5. The van der Waals surface area contributed by atoms with E-state index >= 15 is 0 Å². The van der Waals surface area contributed by atoms with Gasteiger partial charge in [0.05, 0.1) is 11.3 Å². The Balaban J connectivity index is 1.54. The van der Waals surface area contributed by atoms with Crippen molar-refractivity contribution in [3.63, 3.8) is 0 Å². The number of hydrogen-bond acceptors (Lipinski definition) is 6. The zero-order valence-electron chi connectivity index (χ0n) is 16.0. The lowest BCUT2D eigenvalue weighted by molar-refractivity contribution is -0.139. The maximum atomic E-state index is 12.3. The highest BCUT2D eigenvalue weighted by Crippen LogP contribution is 2.16. The Morgan fingerprint density at radius 2 is 1.79 bits per heavy atom. The average Bonchev–Trinajstić information content (AvgIpc) is 2.97. The molecule has 0 bridgehead atoms. The number of esters is 1. The summed E-state index contributed by atoms with van der Waals surface area (Å²) in [7, 11) is 1.72. The standard InChI is InChI=1S/C21H21N3O4/c1-14-19(15(2)24(3)23-14)20(25)21(26)28-12-16-6-8-18(9-7-16)27-13-17-5-4-10-22-11-17/h4-11H,12-13H2,1-3H3. The van der Waals surface area contributed by atoms with E-state index in [1.165, 1.54) is 0 Å². The molecule has 7 heteroatoms. The van der Waals surface area contributed by atoms with Gasteiger partial charge >= 0.3 is 5.97 Å². The molecular formula is C21H21N3O4. The minimum atomic E-state index is -0.892. The first-order valence-corrected chi connectivity index (χ1v) is 8.78. The van der Waals surface area contributed by atoms with Crippen molar-refractivity contribution >= 4 is 11.8 Å². The fraction of sp³-hybridized carbons (Fsp3) is 0.238. The third-order valence-electron chi connectivity index (χ3n) is 4.34. The number of aryl methyl sites for hydroxylation is 2. The molecule has 2 aromatic heterocycles. The Hall–Kier alpha value is -3.48. The molecule has 0 aliphatic rings. The predicted octanol–water partition coefficient (Wildman–Crippen LogP) is 2.94. The molecule has 0 unspecified atom stereocenters. The number of carbonyl (C=O) groups excluding carboxylic acids is 2. The van der Waals surface area contributed by atoms with Crippen molar-refractivity contribution in [1.82, 2.24) is 14.8 Å². The van der Waals surface area contributed by atoms with E-state index < -0.39 is 11.8 Å². The van der Waals surface area contributed by atoms with Crippen LogP contribution in [0.25, 0.3) is 0 Å². The van der Waals surface area contributed by atoms with E-state index in [0.717, 1.165) is 11.1 Å². The predicted molar refractivity (Wildman–Crippen MR) is 102 cm³/mol. The highest BCUT2D eigenvalue weighted by molar-refractivity contribution is 6.41. The summed E-state index contributed by atoms with van der Waals surface area (Å²) in [5, 5.41) is 4.15. The smallest absolute Gasteiger partial charge is 0.380 e. The van der Waals surface area contributed by atoms with Gasteiger partial charge in [-0.05, 0) is 37.6 Å². The normalized spacial score (nSPS) is 10.5. The number of aromatic nitrogens is 3. The third kappa shape index (κ3) is 4.43. The molecule has 0 aliphatic heterocycles. The molecule has 1 aromatic carbocycles. The van der Waals surface area contributed by atoms with Crippen LogP contribution in [0.3, 0.4) is 0 Å². The highest BCUT2D eigenvalue weighted by Gasteiger charge is 2.25. The van der Waals surface area contributed by atoms with Crippen LogP contribution in [0.4, 0.5) is 0 Å². The van der Waals surface area contributed by atoms with E-state index in [-0.39, 0.29) is 6.61 Å². The fourth-order valence-corrected chi connectivity index (χ4v) is 2.75. The lowest BCUT2D eigenvalue weighted by Crippen LogP contribution is -2.19. The maximum absolute atomic E-state index is 12.3. The van der Waals surface area contributed by atoms with Gasteiger partial charge in [0.1, 0.15) is 19.0 Å². The second kappa shape index (κ2) is 8.47. The van der Waals surface area contributed by atoms with Crippen LogP contribution >= 0.6 is 0 Å². The minimum absolute atomic E-state index is 0.00577. The maximum Gasteiger partial charge on any atom is 0.380 e. The van der Waals surface area contributed by atoms with Gasteiger partial charge in [-0.1, -0.05) is 18.2 Å². The van der Waals surface area contributed by atoms with E-state index in [1.54, 1.807) is 62.2 Å². The van der Waals surface area contributed by atoms with Gasteiger partial charge in [0.2, 0.25) is 0 Å². The number of ketones is 1. The SMILES string of the molecule is Cc1nn(C)c(C)c1C(=O)C(=O)OCc1ccc(OCc2cccnc2)cc1. The molecule has 0 fully saturated rings. The van der Waals surface area contributed by atoms with Crippen LogP contribution in [-0.4, -0.2) is 26.5 Å². The van der Waals surface area contributed by atoms with Crippen LogP contribution in [0.1, 0.15) is 32.9 Å². The molecule has 144 valence electrons. The van der Waals surface area contributed by atoms with Crippen molar-refractivity contribution in [3.8, 4) is 5.75 Å². The number of pyridine rings is 1. The van der Waals surface area contributed by atoms with Crippen molar-refractivity contribution in [1.29, 1.82) is 0 Å². The second-order valence-electron chi connectivity index (χ2n) is 6.37. The molecule has 0 atom stereocenters. The summed E-state index contributed by atoms with van der Waals surface area (Å²) in [6.45, 7) is 3.86. The van der Waals surface area contributed by atoms with Crippen molar-refractivity contribution in [2.45, 2.75) is 27.1 Å². The van der Waals surface area contributed by atoms with Crippen LogP contribution in [0, 0.1) is 13.8 Å². The first-order valence-electron chi connectivity index (χ1n) is 8.78. The number of hydrogen-bond donors (Lipinski definition) is 0. The van der Waals surface area contributed by atoms with Gasteiger partial charge in [-0.3, -0.25) is 14.5 Å². The van der Waals surface area contributed by atoms with Crippen LogP contribution in [0.5, 0.6) is 5.75 Å². The quantitative estimate of drug-likeness (QED) is 0.357. The van der Waals surface area contributed by atoms with Crippen LogP contribution in [0.2, 0.25) is 0 Å². The molecule has 0 saturated carbocycles. The molecule has 0 aliphatic carbocycles. The van der Waals surface area contributed by atoms with Gasteiger partial charge in [-0.2, -0.15) is 5.10 Å². The Morgan fingerprint density at radius 1 is 1.04 bits per heavy atom. The summed E-state index contributed by atoms with van der Waals surface area (Å²) in [5.41, 5.74) is 3.17. The lowest BCUT2D eigenvalue weighted by atomic mass is 10.1. The van der Waals surface area contributed by atoms with Crippen molar-refractivity contribution in [3.05, 3.63) is 76.9 Å². The monoisotopic (exact) mass is 379 g/mol. The Bertz CT molecular complexity index is 979. The number of rotatable bonds is 7. The van der Waals surface area contributed by atoms with E-state index in [2.05, 4.69) is 10.1 Å². The van der Waals surface area contributed by atoms with Gasteiger partial charge in [-0.25, -0.2) is 4.79 Å². The van der Waals surface area contributed by atoms with Gasteiger partial charge in [0.15, 0.2) is 0 Å². The number of ether oxygens (including phenoxy) is 2. The summed E-state index contributed by atoms with van der Waals surface area (Å²) < 4.78 is 12.4. The Kier molecular flexibility index (Phi) is 5.84. The molecule has 0 N–H and O–H groups in total. The molecule has 0 radical (unpaired) electrons. The molecule has 7 nitrogen and oxygen atoms in total. The molecule has 2 heterocycles. The van der Waals surface area contributed by atoms with Gasteiger partial charge in [0, 0.05) is 30.7 Å². The van der Waals surface area contributed by atoms with Gasteiger partial charge in [0.25, 0.3) is 5.78 Å². The molecular weight excluding hydrogens is 358 g/mol. The van der Waals surface area contributed by atoms with Crippen LogP contribution in [0.15, 0.2) is 48.8 Å². The average molecular weight is 379 g/mol. The summed E-state index contributed by atoms with van der Waals surface area (Å²) in [4.78, 5) is 28.5. The van der Waals surface area contributed by atoms with E-state index in [4.69, 9.17) is 9.47 Å². The fourth-order valence-electron chi connectivity index (χ4n) is 2.75. The lowest BCUT2D eigenvalue weighted by Gasteiger charge is -2.08. The number of nitrogens with zero attached hydrogens (tertiary/aromatic N) is 3. The Morgan fingerprint density at radius 3 is 2.39 bits per heavy atom. The first-order chi connectivity index (χ1) is 13.5. The largest absolute Gasteiger partial charge is 0.489 e.